The van der Waals surface area contributed by atoms with Crippen molar-refractivity contribution in [2.75, 3.05) is 4.90 Å². The van der Waals surface area contributed by atoms with Gasteiger partial charge in [0.2, 0.25) is 12.3 Å². The Hall–Kier alpha value is -5.05. The fraction of sp³-hybridized carbons (Fsp3) is 0.133. The summed E-state index contributed by atoms with van der Waals surface area (Å²) in [6.45, 7) is 2.67. The summed E-state index contributed by atoms with van der Waals surface area (Å²) >= 11 is 0. The van der Waals surface area contributed by atoms with E-state index in [1.54, 1.807) is 30.9 Å². The van der Waals surface area contributed by atoms with E-state index in [1.807, 2.05) is 66.3 Å². The molecular weight excluding hydrogens is 495 g/mol. The van der Waals surface area contributed by atoms with Gasteiger partial charge in [-0.05, 0) is 55.0 Å². The van der Waals surface area contributed by atoms with Crippen LogP contribution in [0.2, 0.25) is 0 Å². The van der Waals surface area contributed by atoms with Crippen molar-refractivity contribution in [2.24, 2.45) is 0 Å². The topological polar surface area (TPSA) is 82.0 Å². The van der Waals surface area contributed by atoms with Crippen LogP contribution in [0.1, 0.15) is 24.5 Å². The van der Waals surface area contributed by atoms with Crippen LogP contribution >= 0.6 is 0 Å². The van der Waals surface area contributed by atoms with Crippen LogP contribution in [0.4, 0.5) is 10.3 Å². The van der Waals surface area contributed by atoms with Gasteiger partial charge >= 0.3 is 0 Å². The third kappa shape index (κ3) is 4.70. The average Bonchev–Trinajstić information content (AvgIpc) is 3.73. The van der Waals surface area contributed by atoms with Crippen molar-refractivity contribution in [3.63, 3.8) is 0 Å². The van der Waals surface area contributed by atoms with E-state index in [0.717, 1.165) is 29.0 Å². The molecule has 0 spiro atoms. The highest BCUT2D eigenvalue weighted by molar-refractivity contribution is 5.85. The van der Waals surface area contributed by atoms with Crippen LogP contribution in [0.15, 0.2) is 102 Å². The van der Waals surface area contributed by atoms with Crippen molar-refractivity contribution < 1.29 is 13.6 Å². The molecule has 9 heteroatoms. The van der Waals surface area contributed by atoms with Gasteiger partial charge in [0.25, 0.3) is 0 Å². The zero-order chi connectivity index (χ0) is 26.8. The second-order valence-corrected chi connectivity index (χ2v) is 9.08. The molecule has 0 fully saturated rings. The number of carbonyl (C=O) groups is 1. The number of hydrogen-bond acceptors (Lipinski definition) is 5. The molecule has 0 saturated heterocycles. The fourth-order valence-electron chi connectivity index (χ4n) is 4.87. The van der Waals surface area contributed by atoms with Crippen molar-refractivity contribution in [3.8, 4) is 16.9 Å². The Labute approximate surface area is 224 Å². The minimum atomic E-state index is -0.526. The van der Waals surface area contributed by atoms with Gasteiger partial charge < -0.3 is 13.6 Å². The van der Waals surface area contributed by atoms with E-state index in [1.165, 1.54) is 17.0 Å². The van der Waals surface area contributed by atoms with E-state index < -0.39 is 6.04 Å². The summed E-state index contributed by atoms with van der Waals surface area (Å²) < 4.78 is 23.9. The number of aromatic nitrogens is 5. The van der Waals surface area contributed by atoms with Gasteiger partial charge in [-0.2, -0.15) is 0 Å². The first-order valence-corrected chi connectivity index (χ1v) is 12.6. The summed E-state index contributed by atoms with van der Waals surface area (Å²) in [7, 11) is 0. The molecule has 1 amide bonds. The number of fused-ring (bicyclic) bond motifs is 1. The Kier molecular flexibility index (Phi) is 6.46. The summed E-state index contributed by atoms with van der Waals surface area (Å²) in [5.74, 6) is 0.627. The standard InChI is InChI=1S/C30H25FN6O2/c1-2-36-27(21-6-9-25(10-7-21)35-14-13-32-19-35)18-34-30(36)26(17-24-5-3-4-12-33-24)37(20-38)29-16-22-15-23(31)8-11-28(22)39-29/h3-16,18-20,26H,2,17H2,1H3. The van der Waals surface area contributed by atoms with Gasteiger partial charge in [-0.15, -0.1) is 0 Å². The molecule has 8 nitrogen and oxygen atoms in total. The van der Waals surface area contributed by atoms with Gasteiger partial charge in [0, 0.05) is 54.4 Å². The number of carbonyl (C=O) groups excluding carboxylic acids is 1. The van der Waals surface area contributed by atoms with Gasteiger partial charge in [0.05, 0.1) is 18.2 Å². The summed E-state index contributed by atoms with van der Waals surface area (Å²) in [6, 6.07) is 19.2. The number of nitrogens with zero attached hydrogens (tertiary/aromatic N) is 6. The van der Waals surface area contributed by atoms with Gasteiger partial charge in [-0.3, -0.25) is 14.7 Å². The molecular formula is C30H25FN6O2. The molecule has 0 saturated carbocycles. The molecule has 0 aliphatic carbocycles. The van der Waals surface area contributed by atoms with Crippen molar-refractivity contribution >= 4 is 23.3 Å². The van der Waals surface area contributed by atoms with E-state index in [4.69, 9.17) is 9.40 Å². The number of rotatable bonds is 9. The van der Waals surface area contributed by atoms with Crippen LogP contribution in [0, 0.1) is 5.82 Å². The number of amides is 1. The minimum Gasteiger partial charge on any atom is -0.440 e. The zero-order valence-electron chi connectivity index (χ0n) is 21.2. The third-order valence-electron chi connectivity index (χ3n) is 6.76. The predicted octanol–water partition coefficient (Wildman–Crippen LogP) is 5.98. The van der Waals surface area contributed by atoms with Crippen molar-refractivity contribution in [3.05, 3.63) is 115 Å². The third-order valence-corrected chi connectivity index (χ3v) is 6.76. The molecule has 0 aliphatic heterocycles. The van der Waals surface area contributed by atoms with Crippen LogP contribution in [-0.4, -0.2) is 30.5 Å². The number of halogens is 1. The molecule has 4 aromatic heterocycles. The molecule has 1 atom stereocenters. The van der Waals surface area contributed by atoms with E-state index in [-0.39, 0.29) is 5.82 Å². The lowest BCUT2D eigenvalue weighted by molar-refractivity contribution is -0.108. The van der Waals surface area contributed by atoms with Gasteiger partial charge in [0.1, 0.15) is 23.3 Å². The highest BCUT2D eigenvalue weighted by Gasteiger charge is 2.29. The summed E-state index contributed by atoms with van der Waals surface area (Å²) in [4.78, 5) is 27.5. The first kappa shape index (κ1) is 24.3. The average molecular weight is 521 g/mol. The normalized spacial score (nSPS) is 12.1. The lowest BCUT2D eigenvalue weighted by atomic mass is 10.1. The molecule has 0 N–H and O–H groups in total. The first-order valence-electron chi connectivity index (χ1n) is 12.6. The second kappa shape index (κ2) is 10.4. The van der Waals surface area contributed by atoms with Crippen LogP contribution in [0.25, 0.3) is 27.9 Å². The van der Waals surface area contributed by atoms with E-state index in [0.29, 0.717) is 35.6 Å². The molecule has 2 aromatic carbocycles. The summed E-state index contributed by atoms with van der Waals surface area (Å²) in [5, 5.41) is 0.575. The van der Waals surface area contributed by atoms with Crippen LogP contribution in [-0.2, 0) is 17.8 Å². The smallest absolute Gasteiger partial charge is 0.217 e. The Morgan fingerprint density at radius 1 is 1.05 bits per heavy atom. The molecule has 1 unspecified atom stereocenters. The van der Waals surface area contributed by atoms with Crippen LogP contribution in [0.5, 0.6) is 0 Å². The number of anilines is 1. The number of hydrogen-bond donors (Lipinski definition) is 0. The number of furan rings is 1. The van der Waals surface area contributed by atoms with Crippen molar-refractivity contribution in [1.82, 2.24) is 24.1 Å². The SMILES string of the molecule is CCn1c(-c2ccc(-n3ccnc3)cc2)cnc1C(Cc1ccccn1)N(C=O)c1cc2cc(F)ccc2o1. The van der Waals surface area contributed by atoms with Gasteiger partial charge in [-0.25, -0.2) is 14.4 Å². The van der Waals surface area contributed by atoms with Gasteiger partial charge in [-0.1, -0.05) is 18.2 Å². The zero-order valence-corrected chi connectivity index (χ0v) is 21.2. The highest BCUT2D eigenvalue weighted by atomic mass is 19.1. The molecule has 0 aliphatic rings. The van der Waals surface area contributed by atoms with E-state index in [2.05, 4.69) is 14.5 Å². The molecule has 0 bridgehead atoms. The fourth-order valence-corrected chi connectivity index (χ4v) is 4.87. The monoisotopic (exact) mass is 520 g/mol. The largest absolute Gasteiger partial charge is 0.440 e. The first-order chi connectivity index (χ1) is 19.1. The second-order valence-electron chi connectivity index (χ2n) is 9.08. The van der Waals surface area contributed by atoms with E-state index in [9.17, 15) is 9.18 Å². The predicted molar refractivity (Wildman–Crippen MR) is 146 cm³/mol. The molecule has 6 rings (SSSR count). The Bertz CT molecular complexity index is 1710. The molecule has 4 heterocycles. The van der Waals surface area contributed by atoms with Crippen LogP contribution in [0.3, 0.4) is 0 Å². The van der Waals surface area contributed by atoms with E-state index >= 15 is 0 Å². The maximum Gasteiger partial charge on any atom is 0.217 e. The highest BCUT2D eigenvalue weighted by Crippen LogP contribution is 2.35. The number of pyridine rings is 1. The lowest BCUT2D eigenvalue weighted by Gasteiger charge is -2.26. The Balaban J connectivity index is 1.42. The summed E-state index contributed by atoms with van der Waals surface area (Å²) in [5.41, 5.74) is 4.21. The van der Waals surface area contributed by atoms with Gasteiger partial charge in [0.15, 0.2) is 0 Å². The molecule has 39 heavy (non-hydrogen) atoms. The minimum absolute atomic E-state index is 0.309. The van der Waals surface area contributed by atoms with Crippen molar-refractivity contribution in [1.29, 1.82) is 0 Å². The number of imidazole rings is 2. The molecule has 0 radical (unpaired) electrons. The molecule has 194 valence electrons. The maximum absolute atomic E-state index is 13.9. The Morgan fingerprint density at radius 3 is 2.64 bits per heavy atom. The lowest BCUT2D eigenvalue weighted by Crippen LogP contribution is -2.31. The number of benzene rings is 2. The Morgan fingerprint density at radius 2 is 1.92 bits per heavy atom. The molecule has 6 aromatic rings. The quantitative estimate of drug-likeness (QED) is 0.219. The maximum atomic E-state index is 13.9. The van der Waals surface area contributed by atoms with Crippen LogP contribution < -0.4 is 4.90 Å². The summed E-state index contributed by atoms with van der Waals surface area (Å²) in [6.07, 6.45) is 10.1. The van der Waals surface area contributed by atoms with Crippen molar-refractivity contribution in [2.45, 2.75) is 25.9 Å².